The summed E-state index contributed by atoms with van der Waals surface area (Å²) in [6.07, 6.45) is 0. The Balaban J connectivity index is 2.42. The van der Waals surface area contributed by atoms with Crippen LogP contribution in [0.1, 0.15) is 18.1 Å². The predicted molar refractivity (Wildman–Crippen MR) is 64.4 cm³/mol. The van der Waals surface area contributed by atoms with Crippen LogP contribution in [0.4, 0.5) is 0 Å². The molecule has 0 fully saturated rings. The van der Waals surface area contributed by atoms with Gasteiger partial charge in [-0.2, -0.15) is 11.8 Å². The van der Waals surface area contributed by atoms with Crippen LogP contribution >= 0.6 is 11.8 Å². The quantitative estimate of drug-likeness (QED) is 0.689. The lowest BCUT2D eigenvalue weighted by Crippen LogP contribution is -2.00. The Labute approximate surface area is 90.9 Å². The lowest BCUT2D eigenvalue weighted by Gasteiger charge is -2.07. The second kappa shape index (κ2) is 5.97. The first kappa shape index (κ1) is 11.4. The molecule has 0 unspecified atom stereocenters. The maximum absolute atomic E-state index is 5.65. The lowest BCUT2D eigenvalue weighted by atomic mass is 10.1. The number of aryl methyl sites for hydroxylation is 2. The molecule has 0 radical (unpaired) electrons. The molecule has 1 aromatic carbocycles. The van der Waals surface area contributed by atoms with Gasteiger partial charge in [-0.25, -0.2) is 0 Å². The minimum absolute atomic E-state index is 0.807. The summed E-state index contributed by atoms with van der Waals surface area (Å²) in [5.74, 6) is 3.24. The molecular formula is C12H18OS. The van der Waals surface area contributed by atoms with Crippen molar-refractivity contribution in [1.29, 1.82) is 0 Å². The SMILES string of the molecule is CCSCCOc1cc(C)cc(C)c1. The van der Waals surface area contributed by atoms with Gasteiger partial charge in [-0.3, -0.25) is 0 Å². The minimum Gasteiger partial charge on any atom is -0.493 e. The number of thioether (sulfide) groups is 1. The van der Waals surface area contributed by atoms with Crippen molar-refractivity contribution in [2.45, 2.75) is 20.8 Å². The van der Waals surface area contributed by atoms with Gasteiger partial charge in [0.2, 0.25) is 0 Å². The van der Waals surface area contributed by atoms with E-state index in [-0.39, 0.29) is 0 Å². The van der Waals surface area contributed by atoms with Crippen LogP contribution in [-0.4, -0.2) is 18.1 Å². The predicted octanol–water partition coefficient (Wildman–Crippen LogP) is 3.44. The zero-order valence-corrected chi connectivity index (χ0v) is 9.99. The van der Waals surface area contributed by atoms with E-state index in [0.29, 0.717) is 0 Å². The molecule has 0 aliphatic rings. The average Bonchev–Trinajstić information content (AvgIpc) is 2.11. The Bertz CT molecular complexity index is 263. The highest BCUT2D eigenvalue weighted by molar-refractivity contribution is 7.99. The third-order valence-electron chi connectivity index (χ3n) is 1.90. The molecule has 0 N–H and O–H groups in total. The van der Waals surface area contributed by atoms with Crippen LogP contribution in [0.2, 0.25) is 0 Å². The highest BCUT2D eigenvalue weighted by Gasteiger charge is 1.96. The first-order valence-electron chi connectivity index (χ1n) is 5.01. The molecule has 0 heterocycles. The van der Waals surface area contributed by atoms with Gasteiger partial charge in [-0.05, 0) is 42.9 Å². The van der Waals surface area contributed by atoms with Crippen LogP contribution in [0.3, 0.4) is 0 Å². The Morgan fingerprint density at radius 3 is 2.36 bits per heavy atom. The van der Waals surface area contributed by atoms with Gasteiger partial charge in [0.15, 0.2) is 0 Å². The monoisotopic (exact) mass is 210 g/mol. The second-order valence-electron chi connectivity index (χ2n) is 3.37. The Hall–Kier alpha value is -0.630. The second-order valence-corrected chi connectivity index (χ2v) is 4.76. The fourth-order valence-electron chi connectivity index (χ4n) is 1.38. The number of hydrogen-bond acceptors (Lipinski definition) is 2. The van der Waals surface area contributed by atoms with Crippen molar-refractivity contribution in [3.63, 3.8) is 0 Å². The van der Waals surface area contributed by atoms with Crippen molar-refractivity contribution < 1.29 is 4.74 Å². The summed E-state index contributed by atoms with van der Waals surface area (Å²) in [5, 5.41) is 0. The zero-order valence-electron chi connectivity index (χ0n) is 9.17. The Morgan fingerprint density at radius 1 is 1.14 bits per heavy atom. The first-order valence-corrected chi connectivity index (χ1v) is 6.16. The van der Waals surface area contributed by atoms with E-state index in [0.717, 1.165) is 23.9 Å². The minimum atomic E-state index is 0.807. The summed E-state index contributed by atoms with van der Waals surface area (Å²) in [7, 11) is 0. The van der Waals surface area contributed by atoms with Gasteiger partial charge in [0.25, 0.3) is 0 Å². The van der Waals surface area contributed by atoms with Crippen LogP contribution in [0.15, 0.2) is 18.2 Å². The number of rotatable bonds is 5. The molecular weight excluding hydrogens is 192 g/mol. The smallest absolute Gasteiger partial charge is 0.119 e. The maximum Gasteiger partial charge on any atom is 0.119 e. The fourth-order valence-corrected chi connectivity index (χ4v) is 1.87. The molecule has 1 rings (SSSR count). The molecule has 0 bridgehead atoms. The van der Waals surface area contributed by atoms with Gasteiger partial charge in [0.1, 0.15) is 5.75 Å². The summed E-state index contributed by atoms with van der Waals surface area (Å²) < 4.78 is 5.65. The third kappa shape index (κ3) is 4.05. The van der Waals surface area contributed by atoms with Crippen molar-refractivity contribution >= 4 is 11.8 Å². The van der Waals surface area contributed by atoms with Gasteiger partial charge in [0.05, 0.1) is 6.61 Å². The Kier molecular flexibility index (Phi) is 4.88. The van der Waals surface area contributed by atoms with Gasteiger partial charge in [0, 0.05) is 5.75 Å². The van der Waals surface area contributed by atoms with Crippen molar-refractivity contribution in [2.75, 3.05) is 18.1 Å². The summed E-state index contributed by atoms with van der Waals surface area (Å²) in [6, 6.07) is 6.33. The van der Waals surface area contributed by atoms with Crippen molar-refractivity contribution in [3.05, 3.63) is 29.3 Å². The van der Waals surface area contributed by atoms with Crippen molar-refractivity contribution in [3.8, 4) is 5.75 Å². The van der Waals surface area contributed by atoms with Gasteiger partial charge in [-0.1, -0.05) is 13.0 Å². The fraction of sp³-hybridized carbons (Fsp3) is 0.500. The normalized spacial score (nSPS) is 10.2. The molecule has 14 heavy (non-hydrogen) atoms. The van der Waals surface area contributed by atoms with E-state index in [9.17, 15) is 0 Å². The average molecular weight is 210 g/mol. The molecule has 0 saturated carbocycles. The summed E-state index contributed by atoms with van der Waals surface area (Å²) in [6.45, 7) is 7.17. The first-order chi connectivity index (χ1) is 6.72. The summed E-state index contributed by atoms with van der Waals surface area (Å²) >= 11 is 1.91. The van der Waals surface area contributed by atoms with Gasteiger partial charge < -0.3 is 4.74 Å². The lowest BCUT2D eigenvalue weighted by molar-refractivity contribution is 0.343. The van der Waals surface area contributed by atoms with E-state index < -0.39 is 0 Å². The number of hydrogen-bond donors (Lipinski definition) is 0. The molecule has 0 amide bonds. The highest BCUT2D eigenvalue weighted by Crippen LogP contribution is 2.16. The van der Waals surface area contributed by atoms with Crippen LogP contribution in [-0.2, 0) is 0 Å². The highest BCUT2D eigenvalue weighted by atomic mass is 32.2. The van der Waals surface area contributed by atoms with E-state index in [1.54, 1.807) is 0 Å². The van der Waals surface area contributed by atoms with E-state index >= 15 is 0 Å². The Morgan fingerprint density at radius 2 is 1.79 bits per heavy atom. The molecule has 2 heteroatoms. The van der Waals surface area contributed by atoms with Crippen LogP contribution in [0, 0.1) is 13.8 Å². The van der Waals surface area contributed by atoms with E-state index in [1.165, 1.54) is 11.1 Å². The maximum atomic E-state index is 5.65. The largest absolute Gasteiger partial charge is 0.493 e. The molecule has 0 aliphatic heterocycles. The van der Waals surface area contributed by atoms with Gasteiger partial charge >= 0.3 is 0 Å². The topological polar surface area (TPSA) is 9.23 Å². The molecule has 0 saturated heterocycles. The van der Waals surface area contributed by atoms with E-state index in [1.807, 2.05) is 11.8 Å². The van der Waals surface area contributed by atoms with E-state index in [2.05, 4.69) is 39.0 Å². The van der Waals surface area contributed by atoms with Crippen LogP contribution in [0.5, 0.6) is 5.75 Å². The number of ether oxygens (including phenoxy) is 1. The zero-order chi connectivity index (χ0) is 10.4. The molecule has 0 atom stereocenters. The van der Waals surface area contributed by atoms with E-state index in [4.69, 9.17) is 4.74 Å². The molecule has 1 nitrogen and oxygen atoms in total. The third-order valence-corrected chi connectivity index (χ3v) is 2.76. The standard InChI is InChI=1S/C12H18OS/c1-4-14-6-5-13-12-8-10(2)7-11(3)9-12/h7-9H,4-6H2,1-3H3. The molecule has 1 aromatic rings. The van der Waals surface area contributed by atoms with Gasteiger partial charge in [-0.15, -0.1) is 0 Å². The van der Waals surface area contributed by atoms with Crippen molar-refractivity contribution in [1.82, 2.24) is 0 Å². The molecule has 0 aliphatic carbocycles. The molecule has 78 valence electrons. The summed E-state index contributed by atoms with van der Waals surface area (Å²) in [5.41, 5.74) is 2.53. The number of benzene rings is 1. The van der Waals surface area contributed by atoms with Crippen molar-refractivity contribution in [2.24, 2.45) is 0 Å². The van der Waals surface area contributed by atoms with Crippen LogP contribution < -0.4 is 4.74 Å². The summed E-state index contributed by atoms with van der Waals surface area (Å²) in [4.78, 5) is 0. The van der Waals surface area contributed by atoms with Crippen LogP contribution in [0.25, 0.3) is 0 Å². The molecule has 0 spiro atoms. The molecule has 0 aromatic heterocycles.